The molecular formula is C25H33FN2O2S. The van der Waals surface area contributed by atoms with E-state index >= 15 is 0 Å². The molecular weight excluding hydrogens is 411 g/mol. The lowest BCUT2D eigenvalue weighted by atomic mass is 10.1. The second-order valence-corrected chi connectivity index (χ2v) is 10.00. The van der Waals surface area contributed by atoms with E-state index in [0.29, 0.717) is 25.6 Å². The first-order chi connectivity index (χ1) is 14.8. The second-order valence-electron chi connectivity index (χ2n) is 9.00. The zero-order chi connectivity index (χ0) is 22.4. The molecule has 0 N–H and O–H groups in total. The molecule has 2 aromatic rings. The van der Waals surface area contributed by atoms with E-state index in [1.807, 2.05) is 12.3 Å². The molecule has 0 radical (unpaired) electrons. The van der Waals surface area contributed by atoms with Gasteiger partial charge in [-0.05, 0) is 60.4 Å². The fourth-order valence-corrected chi connectivity index (χ4v) is 5.07. The summed E-state index contributed by atoms with van der Waals surface area (Å²) in [6.07, 6.45) is 4.03. The van der Waals surface area contributed by atoms with Crippen LogP contribution in [0.2, 0.25) is 0 Å². The number of hydrogen-bond acceptors (Lipinski definition) is 3. The van der Waals surface area contributed by atoms with Gasteiger partial charge in [0, 0.05) is 23.9 Å². The Bertz CT molecular complexity index is 872. The molecule has 168 valence electrons. The summed E-state index contributed by atoms with van der Waals surface area (Å²) in [5.74, 6) is 0.110. The summed E-state index contributed by atoms with van der Waals surface area (Å²) in [6.45, 7) is 7.76. The third-order valence-corrected chi connectivity index (χ3v) is 6.88. The van der Waals surface area contributed by atoms with E-state index in [1.165, 1.54) is 12.1 Å². The Labute approximate surface area is 189 Å². The van der Waals surface area contributed by atoms with Crippen LogP contribution in [0.5, 0.6) is 0 Å². The van der Waals surface area contributed by atoms with Gasteiger partial charge in [0.1, 0.15) is 5.82 Å². The molecule has 6 heteroatoms. The molecule has 0 aliphatic heterocycles. The quantitative estimate of drug-likeness (QED) is 0.520. The van der Waals surface area contributed by atoms with Gasteiger partial charge in [0.05, 0.1) is 13.1 Å². The second kappa shape index (κ2) is 10.9. The monoisotopic (exact) mass is 444 g/mol. The van der Waals surface area contributed by atoms with Crippen molar-refractivity contribution in [3.63, 3.8) is 0 Å². The maximum Gasteiger partial charge on any atom is 0.242 e. The Kier molecular flexibility index (Phi) is 8.24. The molecule has 0 atom stereocenters. The highest BCUT2D eigenvalue weighted by Crippen LogP contribution is 2.27. The number of rotatable bonds is 9. The fraction of sp³-hybridized carbons (Fsp3) is 0.520. The number of aryl methyl sites for hydroxylation is 1. The summed E-state index contributed by atoms with van der Waals surface area (Å²) in [7, 11) is 0. The topological polar surface area (TPSA) is 40.6 Å². The van der Waals surface area contributed by atoms with Gasteiger partial charge < -0.3 is 9.80 Å². The van der Waals surface area contributed by atoms with Gasteiger partial charge >= 0.3 is 0 Å². The lowest BCUT2D eigenvalue weighted by Gasteiger charge is -2.30. The highest BCUT2D eigenvalue weighted by atomic mass is 32.1. The Morgan fingerprint density at radius 2 is 1.74 bits per heavy atom. The molecule has 4 nitrogen and oxygen atoms in total. The molecule has 1 aromatic carbocycles. The van der Waals surface area contributed by atoms with Crippen LogP contribution in [-0.4, -0.2) is 34.7 Å². The largest absolute Gasteiger partial charge is 0.333 e. The summed E-state index contributed by atoms with van der Waals surface area (Å²) < 4.78 is 13.3. The predicted octanol–water partition coefficient (Wildman–Crippen LogP) is 5.40. The van der Waals surface area contributed by atoms with Gasteiger partial charge in [0.15, 0.2) is 0 Å². The van der Waals surface area contributed by atoms with Crippen molar-refractivity contribution in [1.29, 1.82) is 0 Å². The average Bonchev–Trinajstić information content (AvgIpc) is 3.40. The Morgan fingerprint density at radius 3 is 2.32 bits per heavy atom. The van der Waals surface area contributed by atoms with E-state index in [0.717, 1.165) is 41.7 Å². The van der Waals surface area contributed by atoms with Crippen molar-refractivity contribution in [3.8, 4) is 0 Å². The van der Waals surface area contributed by atoms with Crippen LogP contribution in [0.4, 0.5) is 4.39 Å². The number of halogens is 1. The maximum absolute atomic E-state index is 13.4. The lowest BCUT2D eigenvalue weighted by Crippen LogP contribution is -2.45. The van der Waals surface area contributed by atoms with Crippen molar-refractivity contribution in [2.24, 2.45) is 11.8 Å². The summed E-state index contributed by atoms with van der Waals surface area (Å²) in [6, 6.07) is 8.32. The van der Waals surface area contributed by atoms with Crippen molar-refractivity contribution >= 4 is 23.2 Å². The van der Waals surface area contributed by atoms with Crippen molar-refractivity contribution in [1.82, 2.24) is 9.80 Å². The number of hydrogen-bond donors (Lipinski definition) is 0. The number of carbonyl (C=O) groups excluding carboxylic acids is 2. The predicted molar refractivity (Wildman–Crippen MR) is 123 cm³/mol. The Balaban J connectivity index is 1.77. The van der Waals surface area contributed by atoms with Crippen LogP contribution in [0.25, 0.3) is 0 Å². The molecule has 1 fully saturated rings. The van der Waals surface area contributed by atoms with Crippen molar-refractivity contribution in [3.05, 3.63) is 57.5 Å². The fourth-order valence-electron chi connectivity index (χ4n) is 4.15. The molecule has 1 saturated carbocycles. The maximum atomic E-state index is 13.4. The zero-order valence-electron chi connectivity index (χ0n) is 18.8. The van der Waals surface area contributed by atoms with Gasteiger partial charge in [-0.3, -0.25) is 9.59 Å². The van der Waals surface area contributed by atoms with Gasteiger partial charge in [-0.15, -0.1) is 11.3 Å². The van der Waals surface area contributed by atoms with Crippen LogP contribution in [0.1, 0.15) is 55.5 Å². The van der Waals surface area contributed by atoms with Crippen LogP contribution >= 0.6 is 11.3 Å². The minimum atomic E-state index is -0.291. The van der Waals surface area contributed by atoms with E-state index < -0.39 is 0 Å². The average molecular weight is 445 g/mol. The van der Waals surface area contributed by atoms with Gasteiger partial charge in [0.2, 0.25) is 11.8 Å². The standard InChI is InChI=1S/C25H33FN2O2S/c1-18(2)14-28(25(30)21-6-4-5-7-21)17-24(29)27(16-23-19(3)12-13-31-23)15-20-8-10-22(26)11-9-20/h8-13,18,21H,4-7,14-17H2,1-3H3. The third kappa shape index (κ3) is 6.63. The van der Waals surface area contributed by atoms with Crippen LogP contribution in [0, 0.1) is 24.6 Å². The van der Waals surface area contributed by atoms with Gasteiger partial charge in [-0.1, -0.05) is 38.8 Å². The zero-order valence-corrected chi connectivity index (χ0v) is 19.6. The molecule has 0 unspecified atom stereocenters. The highest BCUT2D eigenvalue weighted by molar-refractivity contribution is 7.10. The van der Waals surface area contributed by atoms with Crippen molar-refractivity contribution in [2.45, 2.75) is 59.5 Å². The van der Waals surface area contributed by atoms with E-state index in [2.05, 4.69) is 19.9 Å². The molecule has 1 heterocycles. The van der Waals surface area contributed by atoms with Gasteiger partial charge in [-0.25, -0.2) is 4.39 Å². The molecule has 0 bridgehead atoms. The molecule has 2 amide bonds. The first-order valence-electron chi connectivity index (χ1n) is 11.2. The van der Waals surface area contributed by atoms with Gasteiger partial charge in [-0.2, -0.15) is 0 Å². The highest BCUT2D eigenvalue weighted by Gasteiger charge is 2.30. The van der Waals surface area contributed by atoms with Crippen LogP contribution in [0.15, 0.2) is 35.7 Å². The van der Waals surface area contributed by atoms with Crippen molar-refractivity contribution < 1.29 is 14.0 Å². The van der Waals surface area contributed by atoms with Crippen molar-refractivity contribution in [2.75, 3.05) is 13.1 Å². The smallest absolute Gasteiger partial charge is 0.242 e. The van der Waals surface area contributed by atoms with E-state index in [-0.39, 0.29) is 30.1 Å². The number of thiophene rings is 1. The van der Waals surface area contributed by atoms with E-state index in [1.54, 1.807) is 33.3 Å². The van der Waals surface area contributed by atoms with Crippen LogP contribution in [0.3, 0.4) is 0 Å². The molecule has 1 aromatic heterocycles. The minimum Gasteiger partial charge on any atom is -0.333 e. The lowest BCUT2D eigenvalue weighted by molar-refractivity contribution is -0.144. The summed E-state index contributed by atoms with van der Waals surface area (Å²) in [4.78, 5) is 31.2. The molecule has 3 rings (SSSR count). The minimum absolute atomic E-state index is 0.0524. The summed E-state index contributed by atoms with van der Waals surface area (Å²) in [5.41, 5.74) is 2.03. The first kappa shape index (κ1) is 23.5. The molecule has 1 aliphatic carbocycles. The normalized spacial score (nSPS) is 14.2. The molecule has 0 saturated heterocycles. The number of carbonyl (C=O) groups is 2. The molecule has 0 spiro atoms. The Morgan fingerprint density at radius 1 is 1.06 bits per heavy atom. The van der Waals surface area contributed by atoms with E-state index in [9.17, 15) is 14.0 Å². The SMILES string of the molecule is Cc1ccsc1CN(Cc1ccc(F)cc1)C(=O)CN(CC(C)C)C(=O)C1CCCC1. The van der Waals surface area contributed by atoms with Crippen LogP contribution < -0.4 is 0 Å². The van der Waals surface area contributed by atoms with Gasteiger partial charge in [0.25, 0.3) is 0 Å². The molecule has 1 aliphatic rings. The van der Waals surface area contributed by atoms with E-state index in [4.69, 9.17) is 0 Å². The summed E-state index contributed by atoms with van der Waals surface area (Å²) >= 11 is 1.63. The molecule has 31 heavy (non-hydrogen) atoms. The Hall–Kier alpha value is -2.21. The number of benzene rings is 1. The first-order valence-corrected chi connectivity index (χ1v) is 12.1. The third-order valence-electron chi connectivity index (χ3n) is 5.87. The summed E-state index contributed by atoms with van der Waals surface area (Å²) in [5, 5.41) is 2.03. The number of nitrogens with zero attached hydrogens (tertiary/aromatic N) is 2. The van der Waals surface area contributed by atoms with Crippen LogP contribution in [-0.2, 0) is 22.7 Å². The number of amides is 2.